The zero-order valence-corrected chi connectivity index (χ0v) is 18.6. The molecule has 0 fully saturated rings. The lowest BCUT2D eigenvalue weighted by Crippen LogP contribution is -2.32. The molecular weight excluding hydrogens is 422 g/mol. The van der Waals surface area contributed by atoms with Gasteiger partial charge in [0.25, 0.3) is 0 Å². The Morgan fingerprint density at radius 1 is 0.879 bits per heavy atom. The predicted octanol–water partition coefficient (Wildman–Crippen LogP) is 3.68. The Balaban J connectivity index is 1.58. The quantitative estimate of drug-likeness (QED) is 0.312. The molecular formula is C25H25N3O5. The number of carbonyl (C=O) groups is 2. The molecule has 0 radical (unpaired) electrons. The molecule has 3 aromatic rings. The van der Waals surface area contributed by atoms with Gasteiger partial charge in [-0.05, 0) is 53.9 Å². The van der Waals surface area contributed by atoms with Crippen molar-refractivity contribution in [2.24, 2.45) is 5.10 Å². The molecule has 3 aromatic carbocycles. The normalized spacial score (nSPS) is 10.5. The average molecular weight is 447 g/mol. The van der Waals surface area contributed by atoms with E-state index in [2.05, 4.69) is 15.8 Å². The summed E-state index contributed by atoms with van der Waals surface area (Å²) in [6.07, 6.45) is 1.40. The van der Waals surface area contributed by atoms with Gasteiger partial charge in [-0.3, -0.25) is 9.59 Å². The van der Waals surface area contributed by atoms with E-state index in [-0.39, 0.29) is 0 Å². The summed E-state index contributed by atoms with van der Waals surface area (Å²) in [6.45, 7) is 2.27. The highest BCUT2D eigenvalue weighted by Gasteiger charge is 2.15. The third-order valence-electron chi connectivity index (χ3n) is 4.61. The largest absolute Gasteiger partial charge is 0.495 e. The van der Waals surface area contributed by atoms with Crippen LogP contribution in [0.3, 0.4) is 0 Å². The number of nitrogens with one attached hydrogen (secondary N) is 2. The van der Waals surface area contributed by atoms with Gasteiger partial charge in [-0.25, -0.2) is 5.43 Å². The lowest BCUT2D eigenvalue weighted by atomic mass is 10.2. The van der Waals surface area contributed by atoms with E-state index in [1.54, 1.807) is 30.3 Å². The van der Waals surface area contributed by atoms with Crippen LogP contribution in [0.25, 0.3) is 0 Å². The van der Waals surface area contributed by atoms with Gasteiger partial charge in [0.15, 0.2) is 11.5 Å². The third-order valence-corrected chi connectivity index (χ3v) is 4.61. The topological polar surface area (TPSA) is 98.2 Å². The summed E-state index contributed by atoms with van der Waals surface area (Å²) >= 11 is 0. The first-order valence-electron chi connectivity index (χ1n) is 10.1. The van der Waals surface area contributed by atoms with E-state index >= 15 is 0 Å². The van der Waals surface area contributed by atoms with Gasteiger partial charge in [0.2, 0.25) is 0 Å². The van der Waals surface area contributed by atoms with Crippen molar-refractivity contribution in [3.63, 3.8) is 0 Å². The molecule has 0 atom stereocenters. The van der Waals surface area contributed by atoms with Crippen molar-refractivity contribution >= 4 is 23.7 Å². The number of carbonyl (C=O) groups excluding carboxylic acids is 2. The van der Waals surface area contributed by atoms with E-state index in [1.165, 1.54) is 20.4 Å². The molecule has 3 rings (SSSR count). The standard InChI is InChI=1S/C25H25N3O5/c1-17-9-11-21(31-2)20(13-17)27-24(29)25(30)28-26-15-19-10-12-22(23(14-19)32-3)33-16-18-7-5-4-6-8-18/h4-15H,16H2,1-3H3,(H,27,29)(H,28,30)/b26-15-. The Bertz CT molecular complexity index is 1150. The van der Waals surface area contributed by atoms with Crippen LogP contribution in [0.5, 0.6) is 17.2 Å². The van der Waals surface area contributed by atoms with Crippen molar-refractivity contribution in [3.8, 4) is 17.2 Å². The number of ether oxygens (including phenoxy) is 3. The van der Waals surface area contributed by atoms with E-state index in [0.717, 1.165) is 11.1 Å². The molecule has 2 N–H and O–H groups in total. The maximum absolute atomic E-state index is 12.2. The fourth-order valence-electron chi connectivity index (χ4n) is 2.93. The third kappa shape index (κ3) is 6.57. The summed E-state index contributed by atoms with van der Waals surface area (Å²) in [7, 11) is 3.02. The Kier molecular flexibility index (Phi) is 8.02. The molecule has 0 aliphatic heterocycles. The number of rotatable bonds is 8. The first-order valence-corrected chi connectivity index (χ1v) is 10.1. The van der Waals surface area contributed by atoms with Crippen LogP contribution in [0.1, 0.15) is 16.7 Å². The highest BCUT2D eigenvalue weighted by molar-refractivity contribution is 6.39. The maximum atomic E-state index is 12.2. The van der Waals surface area contributed by atoms with Crippen LogP contribution in [0.15, 0.2) is 71.8 Å². The molecule has 0 aromatic heterocycles. The van der Waals surface area contributed by atoms with E-state index in [4.69, 9.17) is 14.2 Å². The molecule has 0 saturated carbocycles. The number of nitrogens with zero attached hydrogens (tertiary/aromatic N) is 1. The number of aryl methyl sites for hydroxylation is 1. The summed E-state index contributed by atoms with van der Waals surface area (Å²) in [5, 5.41) is 6.37. The van der Waals surface area contributed by atoms with Crippen LogP contribution in [-0.4, -0.2) is 32.2 Å². The Morgan fingerprint density at radius 2 is 1.61 bits per heavy atom. The smallest absolute Gasteiger partial charge is 0.329 e. The van der Waals surface area contributed by atoms with Gasteiger partial charge in [-0.1, -0.05) is 36.4 Å². The predicted molar refractivity (Wildman–Crippen MR) is 126 cm³/mol. The lowest BCUT2D eigenvalue weighted by molar-refractivity contribution is -0.136. The van der Waals surface area contributed by atoms with Gasteiger partial charge >= 0.3 is 11.8 Å². The van der Waals surface area contributed by atoms with Crippen molar-refractivity contribution in [2.45, 2.75) is 13.5 Å². The number of amides is 2. The molecule has 0 aliphatic carbocycles. The van der Waals surface area contributed by atoms with Crippen LogP contribution in [-0.2, 0) is 16.2 Å². The molecule has 2 amide bonds. The maximum Gasteiger partial charge on any atom is 0.329 e. The van der Waals surface area contributed by atoms with Crippen LogP contribution in [0.4, 0.5) is 5.69 Å². The molecule has 170 valence electrons. The van der Waals surface area contributed by atoms with E-state index in [0.29, 0.717) is 35.1 Å². The highest BCUT2D eigenvalue weighted by Crippen LogP contribution is 2.28. The Morgan fingerprint density at radius 3 is 2.33 bits per heavy atom. The van der Waals surface area contributed by atoms with Gasteiger partial charge in [0, 0.05) is 0 Å². The number of benzene rings is 3. The zero-order valence-electron chi connectivity index (χ0n) is 18.6. The number of hydrogen-bond acceptors (Lipinski definition) is 6. The molecule has 8 heteroatoms. The fraction of sp³-hybridized carbons (Fsp3) is 0.160. The van der Waals surface area contributed by atoms with Crippen molar-refractivity contribution in [3.05, 3.63) is 83.4 Å². The first kappa shape index (κ1) is 23.3. The fourth-order valence-corrected chi connectivity index (χ4v) is 2.93. The summed E-state index contributed by atoms with van der Waals surface area (Å²) in [5.74, 6) is -0.227. The van der Waals surface area contributed by atoms with Gasteiger partial charge in [0.1, 0.15) is 12.4 Å². The second-order valence-electron chi connectivity index (χ2n) is 7.04. The van der Waals surface area contributed by atoms with Crippen LogP contribution in [0.2, 0.25) is 0 Å². The summed E-state index contributed by atoms with van der Waals surface area (Å²) in [4.78, 5) is 24.3. The van der Waals surface area contributed by atoms with E-state index in [1.807, 2.05) is 43.3 Å². The van der Waals surface area contributed by atoms with Crippen molar-refractivity contribution in [1.29, 1.82) is 0 Å². The number of methoxy groups -OCH3 is 2. The van der Waals surface area contributed by atoms with Crippen molar-refractivity contribution in [2.75, 3.05) is 19.5 Å². The van der Waals surface area contributed by atoms with Gasteiger partial charge in [-0.2, -0.15) is 5.10 Å². The van der Waals surface area contributed by atoms with Crippen molar-refractivity contribution < 1.29 is 23.8 Å². The van der Waals surface area contributed by atoms with E-state index in [9.17, 15) is 9.59 Å². The molecule has 0 spiro atoms. The SMILES string of the molecule is COc1ccc(C)cc1NC(=O)C(=O)N/N=C\c1ccc(OCc2ccccc2)c(OC)c1. The lowest BCUT2D eigenvalue weighted by Gasteiger charge is -2.11. The first-order chi connectivity index (χ1) is 16.0. The molecule has 0 bridgehead atoms. The van der Waals surface area contributed by atoms with E-state index < -0.39 is 11.8 Å². The summed E-state index contributed by atoms with van der Waals surface area (Å²) < 4.78 is 16.4. The second kappa shape index (κ2) is 11.3. The average Bonchev–Trinajstić information content (AvgIpc) is 2.83. The Labute approximate surface area is 192 Å². The van der Waals surface area contributed by atoms with Crippen LogP contribution < -0.4 is 25.0 Å². The number of anilines is 1. The van der Waals surface area contributed by atoms with Crippen molar-refractivity contribution in [1.82, 2.24) is 5.43 Å². The van der Waals surface area contributed by atoms with Gasteiger partial charge < -0.3 is 19.5 Å². The van der Waals surface area contributed by atoms with Gasteiger partial charge in [-0.15, -0.1) is 0 Å². The summed E-state index contributed by atoms with van der Waals surface area (Å²) in [6, 6.07) is 20.3. The monoisotopic (exact) mass is 447 g/mol. The minimum absolute atomic E-state index is 0.400. The minimum atomic E-state index is -0.912. The molecule has 0 unspecified atom stereocenters. The molecule has 33 heavy (non-hydrogen) atoms. The van der Waals surface area contributed by atoms with Crippen LogP contribution in [0, 0.1) is 6.92 Å². The second-order valence-corrected chi connectivity index (χ2v) is 7.04. The molecule has 0 aliphatic rings. The highest BCUT2D eigenvalue weighted by atomic mass is 16.5. The zero-order chi connectivity index (χ0) is 23.6. The summed E-state index contributed by atoms with van der Waals surface area (Å²) in [5.41, 5.74) is 5.21. The molecule has 0 saturated heterocycles. The van der Waals surface area contributed by atoms with Gasteiger partial charge in [0.05, 0.1) is 26.1 Å². The Hall–Kier alpha value is -4.33. The van der Waals surface area contributed by atoms with Crippen LogP contribution >= 0.6 is 0 Å². The minimum Gasteiger partial charge on any atom is -0.495 e. The number of hydrogen-bond donors (Lipinski definition) is 2. The molecule has 0 heterocycles. The number of hydrazone groups is 1. The molecule has 8 nitrogen and oxygen atoms in total.